The number of hydrogen-bond acceptors (Lipinski definition) is 8. The van der Waals surface area contributed by atoms with Crippen LogP contribution in [0.5, 0.6) is 11.5 Å². The second kappa shape index (κ2) is 17.1. The molecule has 0 aliphatic carbocycles. The van der Waals surface area contributed by atoms with Crippen LogP contribution in [-0.2, 0) is 22.4 Å². The first-order chi connectivity index (χ1) is 25.8. The molecule has 0 unspecified atom stereocenters. The molecule has 0 amide bonds. The monoisotopic (exact) mass is 770 g/mol. The number of carbonyl (C=O) groups excluding carboxylic acids is 4. The molecule has 2 aromatic heterocycles. The fraction of sp³-hybridized carbons (Fsp3) is 0.565. The molecule has 2 aromatic carbocycles. The third kappa shape index (κ3) is 10.8. The third-order valence-electron chi connectivity index (χ3n) is 10.8. The number of aromatic nitrogens is 2. The van der Waals surface area contributed by atoms with E-state index in [4.69, 9.17) is 9.47 Å². The molecule has 0 N–H and O–H groups in total. The lowest BCUT2D eigenvalue weighted by Gasteiger charge is -2.39. The van der Waals surface area contributed by atoms with Gasteiger partial charge < -0.3 is 19.3 Å². The molecule has 4 rings (SSSR count). The summed E-state index contributed by atoms with van der Waals surface area (Å²) < 4.78 is 14.7. The average Bonchev–Trinajstić information content (AvgIpc) is 3.63. The van der Waals surface area contributed by atoms with E-state index in [1.54, 1.807) is 21.3 Å². The summed E-state index contributed by atoms with van der Waals surface area (Å²) in [5, 5.41) is 1.60. The predicted octanol–water partition coefficient (Wildman–Crippen LogP) is 9.30. The highest BCUT2D eigenvalue weighted by Gasteiger charge is 2.40. The van der Waals surface area contributed by atoms with Gasteiger partial charge in [-0.3, -0.25) is 28.3 Å². The van der Waals surface area contributed by atoms with E-state index >= 15 is 0 Å². The third-order valence-corrected chi connectivity index (χ3v) is 10.8. The van der Waals surface area contributed by atoms with Gasteiger partial charge in [0.25, 0.3) is 0 Å². The lowest BCUT2D eigenvalue weighted by atomic mass is 9.67. The van der Waals surface area contributed by atoms with Gasteiger partial charge in [0.05, 0.1) is 11.0 Å². The largest absolute Gasteiger partial charge is 0.426 e. The van der Waals surface area contributed by atoms with E-state index in [-0.39, 0.29) is 22.6 Å². The van der Waals surface area contributed by atoms with E-state index in [1.165, 1.54) is 13.8 Å². The van der Waals surface area contributed by atoms with Crippen LogP contribution < -0.4 is 9.47 Å². The van der Waals surface area contributed by atoms with Crippen LogP contribution in [0.4, 0.5) is 0 Å². The van der Waals surface area contributed by atoms with Crippen LogP contribution >= 0.6 is 0 Å². The average molecular weight is 771 g/mol. The van der Waals surface area contributed by atoms with Crippen LogP contribution in [0.25, 0.3) is 21.8 Å². The molecule has 56 heavy (non-hydrogen) atoms. The number of carbonyl (C=O) groups is 4. The van der Waals surface area contributed by atoms with Crippen molar-refractivity contribution in [2.24, 2.45) is 21.7 Å². The fourth-order valence-corrected chi connectivity index (χ4v) is 8.60. The van der Waals surface area contributed by atoms with Gasteiger partial charge in [0, 0.05) is 60.9 Å². The van der Waals surface area contributed by atoms with Gasteiger partial charge in [-0.25, -0.2) is 0 Å². The Morgan fingerprint density at radius 3 is 1.21 bits per heavy atom. The number of nitrogens with zero attached hydrogens (tertiary/aromatic N) is 4. The maximum Gasteiger partial charge on any atom is 0.308 e. The second-order valence-electron chi connectivity index (χ2n) is 19.2. The van der Waals surface area contributed by atoms with Crippen molar-refractivity contribution in [2.75, 3.05) is 41.3 Å². The molecule has 2 heterocycles. The summed E-state index contributed by atoms with van der Waals surface area (Å²) in [7, 11) is 8.05. The molecule has 0 saturated carbocycles. The topological polar surface area (TPSA) is 103 Å². The van der Waals surface area contributed by atoms with E-state index in [0.717, 1.165) is 58.9 Å². The summed E-state index contributed by atoms with van der Waals surface area (Å²) in [5.74, 6) is 0.144. The van der Waals surface area contributed by atoms with Gasteiger partial charge in [-0.2, -0.15) is 0 Å². The standard InChI is InChI=1S/C46H66N4O6/c1-31(51)55-37-19-15-17-35-39(37)33(21-25-47(11)12)27-49(35)41(53)45(7,8)29-43(3,4)23-24-44(5,6)30-46(9,10)42(54)50-28-34(22-26-48(13)14)40-36(50)18-16-20-38(40)56-32(2)52/h15-20,27-28H,21-26,29-30H2,1-14H3. The molecule has 0 atom stereocenters. The van der Waals surface area contributed by atoms with Crippen molar-refractivity contribution < 1.29 is 28.7 Å². The van der Waals surface area contributed by atoms with Gasteiger partial charge >= 0.3 is 11.9 Å². The fourth-order valence-electron chi connectivity index (χ4n) is 8.60. The number of hydrogen-bond donors (Lipinski definition) is 0. The minimum atomic E-state index is -0.699. The number of likely N-dealkylation sites (N-methyl/N-ethyl adjacent to an activating group) is 2. The van der Waals surface area contributed by atoms with Crippen LogP contribution in [0.1, 0.15) is 116 Å². The smallest absolute Gasteiger partial charge is 0.308 e. The van der Waals surface area contributed by atoms with E-state index < -0.39 is 22.8 Å². The Balaban J connectivity index is 1.53. The first kappa shape index (κ1) is 44.4. The number of ether oxygens (including phenoxy) is 2. The Morgan fingerprint density at radius 2 is 0.911 bits per heavy atom. The van der Waals surface area contributed by atoms with E-state index in [0.29, 0.717) is 37.2 Å². The molecule has 4 aromatic rings. The van der Waals surface area contributed by atoms with E-state index in [1.807, 2.05) is 92.5 Å². The van der Waals surface area contributed by atoms with Crippen LogP contribution in [0, 0.1) is 21.7 Å². The molecule has 0 bridgehead atoms. The Kier molecular flexibility index (Phi) is 13.5. The first-order valence-corrected chi connectivity index (χ1v) is 19.9. The zero-order chi connectivity index (χ0) is 42.0. The number of rotatable bonds is 17. The van der Waals surface area contributed by atoms with Crippen molar-refractivity contribution in [3.8, 4) is 11.5 Å². The van der Waals surface area contributed by atoms with Crippen molar-refractivity contribution in [2.45, 2.75) is 108 Å². The molecule has 0 aliphatic rings. The maximum atomic E-state index is 14.5. The molecule has 0 spiro atoms. The summed E-state index contributed by atoms with van der Waals surface area (Å²) in [6.45, 7) is 21.3. The number of benzene rings is 2. The number of fused-ring (bicyclic) bond motifs is 2. The summed E-state index contributed by atoms with van der Waals surface area (Å²) in [5.41, 5.74) is 1.65. The summed E-state index contributed by atoms with van der Waals surface area (Å²) >= 11 is 0. The van der Waals surface area contributed by atoms with Gasteiger partial charge in [-0.1, -0.05) is 67.5 Å². The van der Waals surface area contributed by atoms with Crippen LogP contribution in [0.3, 0.4) is 0 Å². The predicted molar refractivity (Wildman–Crippen MR) is 226 cm³/mol. The highest BCUT2D eigenvalue weighted by atomic mass is 16.5. The quantitative estimate of drug-likeness (QED) is 0.0774. The lowest BCUT2D eigenvalue weighted by molar-refractivity contribution is -0.132. The van der Waals surface area contributed by atoms with Gasteiger partial charge in [0.15, 0.2) is 0 Å². The van der Waals surface area contributed by atoms with Crippen molar-refractivity contribution in [3.05, 3.63) is 59.9 Å². The van der Waals surface area contributed by atoms with Crippen LogP contribution in [0.2, 0.25) is 0 Å². The van der Waals surface area contributed by atoms with Crippen molar-refractivity contribution in [3.63, 3.8) is 0 Å². The van der Waals surface area contributed by atoms with Crippen molar-refractivity contribution in [1.82, 2.24) is 18.9 Å². The maximum absolute atomic E-state index is 14.5. The molecule has 0 radical (unpaired) electrons. The highest BCUT2D eigenvalue weighted by molar-refractivity contribution is 6.01. The van der Waals surface area contributed by atoms with E-state index in [2.05, 4.69) is 37.5 Å². The Bertz CT molecular complexity index is 1930. The molecule has 10 heteroatoms. The van der Waals surface area contributed by atoms with Crippen molar-refractivity contribution in [1.29, 1.82) is 0 Å². The van der Waals surface area contributed by atoms with Crippen LogP contribution in [0.15, 0.2) is 48.8 Å². The SMILES string of the molecule is CC(=O)Oc1cccc2c1c(CCN(C)C)cn2C(=O)C(C)(C)CC(C)(C)CCC(C)(C)CC(C)(C)C(=O)n1cc(CCN(C)C)c2c(OC(C)=O)cccc21. The molecule has 10 nitrogen and oxygen atoms in total. The minimum absolute atomic E-state index is 0.00148. The molecular weight excluding hydrogens is 705 g/mol. The zero-order valence-electron chi connectivity index (χ0n) is 36.5. The molecular formula is C46H66N4O6. The number of esters is 2. The van der Waals surface area contributed by atoms with Gasteiger partial charge in [0.1, 0.15) is 11.5 Å². The van der Waals surface area contributed by atoms with Gasteiger partial charge in [-0.15, -0.1) is 0 Å². The molecule has 306 valence electrons. The molecule has 0 aliphatic heterocycles. The van der Waals surface area contributed by atoms with E-state index in [9.17, 15) is 19.2 Å². The summed E-state index contributed by atoms with van der Waals surface area (Å²) in [4.78, 5) is 57.1. The Labute approximate surface area is 334 Å². The molecule has 0 saturated heterocycles. The lowest BCUT2D eigenvalue weighted by Crippen LogP contribution is -2.36. The molecule has 0 fully saturated rings. The minimum Gasteiger partial charge on any atom is -0.426 e. The zero-order valence-corrected chi connectivity index (χ0v) is 36.5. The highest BCUT2D eigenvalue weighted by Crippen LogP contribution is 2.45. The van der Waals surface area contributed by atoms with Gasteiger partial charge in [0.2, 0.25) is 11.8 Å². The summed E-state index contributed by atoms with van der Waals surface area (Å²) in [6.07, 6.45) is 8.31. The van der Waals surface area contributed by atoms with Gasteiger partial charge in [-0.05, 0) is 113 Å². The Hall–Kier alpha value is -4.28. The van der Waals surface area contributed by atoms with Crippen LogP contribution in [-0.4, -0.2) is 84.0 Å². The first-order valence-electron chi connectivity index (χ1n) is 19.9. The Morgan fingerprint density at radius 1 is 0.571 bits per heavy atom. The second-order valence-corrected chi connectivity index (χ2v) is 19.2. The normalized spacial score (nSPS) is 12.9. The van der Waals surface area contributed by atoms with Crippen molar-refractivity contribution >= 4 is 45.6 Å². The summed E-state index contributed by atoms with van der Waals surface area (Å²) in [6, 6.07) is 11.1.